The van der Waals surface area contributed by atoms with Crippen LogP contribution in [0.15, 0.2) is 71.8 Å². The monoisotopic (exact) mass is 425 g/mol. The number of aromatic nitrogens is 2. The van der Waals surface area contributed by atoms with Gasteiger partial charge in [-0.1, -0.05) is 35.1 Å². The number of hydrogen-bond acceptors (Lipinski definition) is 5. The SMILES string of the molecule is CSc1cccc(C(=O)N(Cc2ccccn2)c2nc3ccc(Cl)cc3s2)c1. The molecule has 0 radical (unpaired) electrons. The zero-order valence-corrected chi connectivity index (χ0v) is 17.4. The van der Waals surface area contributed by atoms with Crippen molar-refractivity contribution < 1.29 is 4.79 Å². The second kappa shape index (κ2) is 8.31. The molecule has 4 aromatic rings. The van der Waals surface area contributed by atoms with Crippen molar-refractivity contribution in [1.82, 2.24) is 9.97 Å². The number of nitrogens with zero attached hydrogens (tertiary/aromatic N) is 3. The largest absolute Gasteiger partial charge is 0.278 e. The molecule has 28 heavy (non-hydrogen) atoms. The number of anilines is 1. The number of thioether (sulfide) groups is 1. The number of benzene rings is 2. The van der Waals surface area contributed by atoms with E-state index < -0.39 is 0 Å². The van der Waals surface area contributed by atoms with Crippen molar-refractivity contribution in [2.24, 2.45) is 0 Å². The first-order valence-corrected chi connectivity index (χ1v) is 11.0. The van der Waals surface area contributed by atoms with E-state index in [0.29, 0.717) is 22.3 Å². The Kier molecular flexibility index (Phi) is 5.62. The van der Waals surface area contributed by atoms with Crippen molar-refractivity contribution in [1.29, 1.82) is 0 Å². The topological polar surface area (TPSA) is 46.1 Å². The highest BCUT2D eigenvalue weighted by Gasteiger charge is 2.22. The number of carbonyl (C=O) groups excluding carboxylic acids is 1. The van der Waals surface area contributed by atoms with E-state index >= 15 is 0 Å². The molecule has 4 rings (SSSR count). The smallest absolute Gasteiger partial charge is 0.260 e. The molecule has 0 saturated heterocycles. The molecule has 0 fully saturated rings. The molecular weight excluding hydrogens is 410 g/mol. The Labute approximate surface area is 176 Å². The molecule has 0 atom stereocenters. The lowest BCUT2D eigenvalue weighted by molar-refractivity contribution is 0.0984. The van der Waals surface area contributed by atoms with Crippen molar-refractivity contribution >= 4 is 56.0 Å². The van der Waals surface area contributed by atoms with Crippen LogP contribution in [0.5, 0.6) is 0 Å². The summed E-state index contributed by atoms with van der Waals surface area (Å²) >= 11 is 9.17. The number of hydrogen-bond donors (Lipinski definition) is 0. The molecular formula is C21H16ClN3OS2. The maximum atomic E-state index is 13.4. The molecule has 7 heteroatoms. The number of fused-ring (bicyclic) bond motifs is 1. The number of amides is 1. The van der Waals surface area contributed by atoms with Crippen LogP contribution < -0.4 is 4.90 Å². The van der Waals surface area contributed by atoms with Crippen LogP contribution in [-0.4, -0.2) is 22.1 Å². The fourth-order valence-electron chi connectivity index (χ4n) is 2.79. The van der Waals surface area contributed by atoms with Gasteiger partial charge in [0.1, 0.15) is 0 Å². The summed E-state index contributed by atoms with van der Waals surface area (Å²) in [6, 6.07) is 18.9. The van der Waals surface area contributed by atoms with Gasteiger partial charge in [0.05, 0.1) is 22.5 Å². The summed E-state index contributed by atoms with van der Waals surface area (Å²) in [6.45, 7) is 0.344. The minimum Gasteiger partial charge on any atom is -0.278 e. The molecule has 0 aliphatic carbocycles. The average Bonchev–Trinajstić information content (AvgIpc) is 3.15. The Bertz CT molecular complexity index is 1130. The lowest BCUT2D eigenvalue weighted by Gasteiger charge is -2.20. The van der Waals surface area contributed by atoms with E-state index in [1.807, 2.05) is 60.9 Å². The molecule has 2 heterocycles. The van der Waals surface area contributed by atoms with E-state index in [0.717, 1.165) is 20.8 Å². The Morgan fingerprint density at radius 3 is 2.82 bits per heavy atom. The van der Waals surface area contributed by atoms with Crippen LogP contribution in [0.2, 0.25) is 5.02 Å². The third kappa shape index (κ3) is 4.04. The molecule has 0 unspecified atom stereocenters. The Morgan fingerprint density at radius 1 is 1.14 bits per heavy atom. The van der Waals surface area contributed by atoms with Gasteiger partial charge in [-0.3, -0.25) is 14.7 Å². The summed E-state index contributed by atoms with van der Waals surface area (Å²) in [7, 11) is 0. The molecule has 0 bridgehead atoms. The molecule has 140 valence electrons. The minimum atomic E-state index is -0.105. The Balaban J connectivity index is 1.77. The zero-order chi connectivity index (χ0) is 19.5. The lowest BCUT2D eigenvalue weighted by atomic mass is 10.2. The van der Waals surface area contributed by atoms with Gasteiger partial charge in [-0.25, -0.2) is 4.98 Å². The van der Waals surface area contributed by atoms with Gasteiger partial charge in [0.25, 0.3) is 5.91 Å². The first kappa shape index (κ1) is 18.9. The highest BCUT2D eigenvalue weighted by molar-refractivity contribution is 7.98. The van der Waals surface area contributed by atoms with Gasteiger partial charge >= 0.3 is 0 Å². The molecule has 0 aliphatic heterocycles. The van der Waals surface area contributed by atoms with Gasteiger partial charge in [-0.05, 0) is 54.8 Å². The molecule has 2 aromatic heterocycles. The fraction of sp³-hybridized carbons (Fsp3) is 0.0952. The maximum absolute atomic E-state index is 13.4. The van der Waals surface area contributed by atoms with E-state index in [4.69, 9.17) is 11.6 Å². The minimum absolute atomic E-state index is 0.105. The van der Waals surface area contributed by atoms with Crippen molar-refractivity contribution in [3.8, 4) is 0 Å². The normalized spacial score (nSPS) is 10.9. The first-order chi connectivity index (χ1) is 13.6. The Morgan fingerprint density at radius 2 is 2.04 bits per heavy atom. The second-order valence-corrected chi connectivity index (χ2v) is 8.38. The highest BCUT2D eigenvalue weighted by atomic mass is 35.5. The molecule has 0 aliphatic rings. The fourth-order valence-corrected chi connectivity index (χ4v) is 4.49. The van der Waals surface area contributed by atoms with Crippen LogP contribution in [0.4, 0.5) is 5.13 Å². The van der Waals surface area contributed by atoms with Crippen LogP contribution in [0.3, 0.4) is 0 Å². The van der Waals surface area contributed by atoms with Gasteiger partial charge in [-0.2, -0.15) is 0 Å². The van der Waals surface area contributed by atoms with Crippen LogP contribution in [0.1, 0.15) is 16.1 Å². The predicted molar refractivity (Wildman–Crippen MR) is 118 cm³/mol. The number of carbonyl (C=O) groups is 1. The maximum Gasteiger partial charge on any atom is 0.260 e. The summed E-state index contributed by atoms with van der Waals surface area (Å²) in [5.74, 6) is -0.105. The standard InChI is InChI=1S/C21H16ClN3OS2/c1-27-17-7-4-5-14(11-17)20(26)25(13-16-6-2-3-10-23-16)21-24-18-9-8-15(22)12-19(18)28-21/h2-12H,13H2,1H3. The van der Waals surface area contributed by atoms with E-state index in [9.17, 15) is 4.79 Å². The van der Waals surface area contributed by atoms with E-state index in [2.05, 4.69) is 9.97 Å². The van der Waals surface area contributed by atoms with Gasteiger partial charge < -0.3 is 0 Å². The summed E-state index contributed by atoms with van der Waals surface area (Å²) in [4.78, 5) is 25.2. The second-order valence-electron chi connectivity index (χ2n) is 6.05. The van der Waals surface area contributed by atoms with Crippen molar-refractivity contribution in [3.63, 3.8) is 0 Å². The zero-order valence-electron chi connectivity index (χ0n) is 15.0. The van der Waals surface area contributed by atoms with E-state index in [1.165, 1.54) is 11.3 Å². The first-order valence-electron chi connectivity index (χ1n) is 8.56. The number of rotatable bonds is 5. The number of halogens is 1. The highest BCUT2D eigenvalue weighted by Crippen LogP contribution is 2.32. The Hall–Kier alpha value is -2.41. The molecule has 0 N–H and O–H groups in total. The van der Waals surface area contributed by atoms with Gasteiger partial charge in [0.2, 0.25) is 0 Å². The number of pyridine rings is 1. The summed E-state index contributed by atoms with van der Waals surface area (Å²) in [5, 5.41) is 1.28. The predicted octanol–water partition coefficient (Wildman–Crippen LogP) is 5.91. The van der Waals surface area contributed by atoms with Gasteiger partial charge in [-0.15, -0.1) is 11.8 Å². The quantitative estimate of drug-likeness (QED) is 0.372. The lowest BCUT2D eigenvalue weighted by Crippen LogP contribution is -2.30. The molecule has 0 saturated carbocycles. The van der Waals surface area contributed by atoms with Crippen LogP contribution in [0, 0.1) is 0 Å². The van der Waals surface area contributed by atoms with E-state index in [1.54, 1.807) is 28.9 Å². The summed E-state index contributed by atoms with van der Waals surface area (Å²) in [5.41, 5.74) is 2.25. The van der Waals surface area contributed by atoms with Crippen molar-refractivity contribution in [3.05, 3.63) is 83.1 Å². The van der Waals surface area contributed by atoms with Gasteiger partial charge in [0, 0.05) is 21.7 Å². The third-order valence-electron chi connectivity index (χ3n) is 4.18. The molecule has 0 spiro atoms. The van der Waals surface area contributed by atoms with Crippen LogP contribution >= 0.6 is 34.7 Å². The third-order valence-corrected chi connectivity index (χ3v) is 6.18. The van der Waals surface area contributed by atoms with Crippen molar-refractivity contribution in [2.45, 2.75) is 11.4 Å². The molecule has 4 nitrogen and oxygen atoms in total. The molecule has 2 aromatic carbocycles. The van der Waals surface area contributed by atoms with Crippen LogP contribution in [0.25, 0.3) is 10.2 Å². The van der Waals surface area contributed by atoms with Crippen molar-refractivity contribution in [2.75, 3.05) is 11.2 Å². The average molecular weight is 426 g/mol. The van der Waals surface area contributed by atoms with E-state index in [-0.39, 0.29) is 5.91 Å². The summed E-state index contributed by atoms with van der Waals surface area (Å²) < 4.78 is 0.944. The molecule has 1 amide bonds. The number of thiazole rings is 1. The van der Waals surface area contributed by atoms with Crippen LogP contribution in [-0.2, 0) is 6.54 Å². The summed E-state index contributed by atoms with van der Waals surface area (Å²) in [6.07, 6.45) is 3.72. The van der Waals surface area contributed by atoms with Gasteiger partial charge in [0.15, 0.2) is 5.13 Å².